The van der Waals surface area contributed by atoms with Gasteiger partial charge in [0.05, 0.1) is 4.92 Å². The zero-order valence-corrected chi connectivity index (χ0v) is 9.52. The molecule has 0 radical (unpaired) electrons. The van der Waals surface area contributed by atoms with Crippen molar-refractivity contribution in [3.8, 4) is 11.5 Å². The number of hydrogen-bond acceptors (Lipinski definition) is 3. The predicted octanol–water partition coefficient (Wildman–Crippen LogP) is 3.73. The molecule has 0 fully saturated rings. The average Bonchev–Trinajstić information content (AvgIpc) is 2.39. The third-order valence-corrected chi connectivity index (χ3v) is 2.25. The highest BCUT2D eigenvalue weighted by Gasteiger charge is 1.96. The second kappa shape index (κ2) is 5.63. The molecule has 90 valence electrons. The van der Waals surface area contributed by atoms with Crippen molar-refractivity contribution in [2.45, 2.75) is 0 Å². The molecule has 0 amide bonds. The van der Waals surface area contributed by atoms with Gasteiger partial charge >= 0.3 is 0 Å². The van der Waals surface area contributed by atoms with E-state index in [1.54, 1.807) is 24.3 Å². The summed E-state index contributed by atoms with van der Waals surface area (Å²) in [7, 11) is 0. The molecule has 0 atom stereocenters. The van der Waals surface area contributed by atoms with Crippen LogP contribution in [0.15, 0.2) is 60.8 Å². The Balaban J connectivity index is 2.06. The summed E-state index contributed by atoms with van der Waals surface area (Å²) in [5.74, 6) is 1.45. The maximum Gasteiger partial charge on any atom is 0.235 e. The average molecular weight is 241 g/mol. The molecule has 4 nitrogen and oxygen atoms in total. The van der Waals surface area contributed by atoms with Crippen LogP contribution in [0.3, 0.4) is 0 Å². The molecule has 0 saturated heterocycles. The molecule has 0 saturated carbocycles. The van der Waals surface area contributed by atoms with Crippen molar-refractivity contribution in [2.75, 3.05) is 0 Å². The fourth-order valence-corrected chi connectivity index (χ4v) is 1.42. The Morgan fingerprint density at radius 1 is 0.944 bits per heavy atom. The van der Waals surface area contributed by atoms with Crippen molar-refractivity contribution in [2.24, 2.45) is 0 Å². The van der Waals surface area contributed by atoms with Gasteiger partial charge in [0.25, 0.3) is 0 Å². The molecule has 2 aromatic rings. The van der Waals surface area contributed by atoms with Crippen molar-refractivity contribution in [3.63, 3.8) is 0 Å². The lowest BCUT2D eigenvalue weighted by atomic mass is 10.2. The molecule has 0 aliphatic heterocycles. The number of hydrogen-bond donors (Lipinski definition) is 0. The Labute approximate surface area is 104 Å². The molecule has 2 aromatic carbocycles. The number of nitrogens with zero attached hydrogens (tertiary/aromatic N) is 1. The summed E-state index contributed by atoms with van der Waals surface area (Å²) in [4.78, 5) is 9.68. The van der Waals surface area contributed by atoms with Gasteiger partial charge in [-0.15, -0.1) is 0 Å². The molecule has 0 unspecified atom stereocenters. The SMILES string of the molecule is O=[N+]([O-])C=Cc1ccc(Oc2ccccc2)cc1. The van der Waals surface area contributed by atoms with Crippen molar-refractivity contribution in [1.82, 2.24) is 0 Å². The van der Waals surface area contributed by atoms with Crippen molar-refractivity contribution >= 4 is 6.08 Å². The smallest absolute Gasteiger partial charge is 0.235 e. The van der Waals surface area contributed by atoms with Crippen LogP contribution in [0.4, 0.5) is 0 Å². The zero-order chi connectivity index (χ0) is 12.8. The van der Waals surface area contributed by atoms with Gasteiger partial charge < -0.3 is 4.74 Å². The summed E-state index contributed by atoms with van der Waals surface area (Å²) in [5, 5.41) is 10.2. The van der Waals surface area contributed by atoms with Crippen molar-refractivity contribution in [3.05, 3.63) is 76.5 Å². The van der Waals surface area contributed by atoms with Gasteiger partial charge in [0.1, 0.15) is 11.5 Å². The van der Waals surface area contributed by atoms with Crippen LogP contribution in [0.5, 0.6) is 11.5 Å². The van der Waals surface area contributed by atoms with E-state index in [1.807, 2.05) is 30.3 Å². The molecule has 4 heteroatoms. The lowest BCUT2D eigenvalue weighted by Gasteiger charge is -2.04. The van der Waals surface area contributed by atoms with Gasteiger partial charge in [0.15, 0.2) is 0 Å². The molecular weight excluding hydrogens is 230 g/mol. The third-order valence-electron chi connectivity index (χ3n) is 2.25. The van der Waals surface area contributed by atoms with Crippen LogP contribution in [0.2, 0.25) is 0 Å². The quantitative estimate of drug-likeness (QED) is 0.605. The van der Waals surface area contributed by atoms with Gasteiger partial charge in [0.2, 0.25) is 6.20 Å². The highest BCUT2D eigenvalue weighted by molar-refractivity contribution is 5.49. The molecule has 0 spiro atoms. The Hall–Kier alpha value is -2.62. The standard InChI is InChI=1S/C14H11NO3/c16-15(17)11-10-12-6-8-14(9-7-12)18-13-4-2-1-3-5-13/h1-11H. The summed E-state index contributed by atoms with van der Waals surface area (Å²) in [6, 6.07) is 16.5. The van der Waals surface area contributed by atoms with E-state index in [9.17, 15) is 10.1 Å². The normalized spacial score (nSPS) is 10.4. The molecule has 0 aliphatic rings. The van der Waals surface area contributed by atoms with Gasteiger partial charge in [-0.05, 0) is 29.8 Å². The number of nitro groups is 1. The maximum absolute atomic E-state index is 10.2. The Morgan fingerprint density at radius 2 is 1.56 bits per heavy atom. The van der Waals surface area contributed by atoms with Gasteiger partial charge in [0, 0.05) is 6.08 Å². The Kier molecular flexibility index (Phi) is 3.71. The number of benzene rings is 2. The van der Waals surface area contributed by atoms with E-state index in [0.29, 0.717) is 5.75 Å². The molecule has 0 N–H and O–H groups in total. The highest BCUT2D eigenvalue weighted by Crippen LogP contribution is 2.21. The maximum atomic E-state index is 10.2. The molecule has 0 bridgehead atoms. The fourth-order valence-electron chi connectivity index (χ4n) is 1.42. The third kappa shape index (κ3) is 3.45. The first kappa shape index (κ1) is 11.9. The van der Waals surface area contributed by atoms with Crippen LogP contribution >= 0.6 is 0 Å². The summed E-state index contributed by atoms with van der Waals surface area (Å²) in [6.45, 7) is 0. The Morgan fingerprint density at radius 3 is 2.17 bits per heavy atom. The molecule has 0 aliphatic carbocycles. The molecular formula is C14H11NO3. The van der Waals surface area contributed by atoms with Crippen molar-refractivity contribution < 1.29 is 9.66 Å². The molecule has 2 rings (SSSR count). The lowest BCUT2D eigenvalue weighted by molar-refractivity contribution is -0.400. The van der Waals surface area contributed by atoms with E-state index in [0.717, 1.165) is 17.5 Å². The number of ether oxygens (including phenoxy) is 1. The predicted molar refractivity (Wildman–Crippen MR) is 69.0 cm³/mol. The summed E-state index contributed by atoms with van der Waals surface area (Å²) in [5.41, 5.74) is 0.757. The summed E-state index contributed by atoms with van der Waals surface area (Å²) < 4.78 is 5.60. The van der Waals surface area contributed by atoms with Gasteiger partial charge in [-0.2, -0.15) is 0 Å². The molecule has 0 heterocycles. The van der Waals surface area contributed by atoms with Gasteiger partial charge in [-0.3, -0.25) is 10.1 Å². The number of rotatable bonds is 4. The highest BCUT2D eigenvalue weighted by atomic mass is 16.6. The minimum absolute atomic E-state index is 0.492. The van der Waals surface area contributed by atoms with E-state index in [2.05, 4.69) is 0 Å². The Bertz CT molecular complexity index is 547. The zero-order valence-electron chi connectivity index (χ0n) is 9.52. The second-order valence-electron chi connectivity index (χ2n) is 3.59. The van der Waals surface area contributed by atoms with E-state index < -0.39 is 4.92 Å². The van der Waals surface area contributed by atoms with E-state index >= 15 is 0 Å². The van der Waals surface area contributed by atoms with Crippen LogP contribution in [0, 0.1) is 10.1 Å². The largest absolute Gasteiger partial charge is 0.457 e. The summed E-state index contributed by atoms with van der Waals surface area (Å²) >= 11 is 0. The topological polar surface area (TPSA) is 52.4 Å². The van der Waals surface area contributed by atoms with Crippen molar-refractivity contribution in [1.29, 1.82) is 0 Å². The second-order valence-corrected chi connectivity index (χ2v) is 3.59. The van der Waals surface area contributed by atoms with Crippen LogP contribution in [-0.4, -0.2) is 4.92 Å². The van der Waals surface area contributed by atoms with Crippen LogP contribution in [0.25, 0.3) is 6.08 Å². The van der Waals surface area contributed by atoms with Crippen LogP contribution < -0.4 is 4.74 Å². The van der Waals surface area contributed by atoms with Crippen LogP contribution in [0.1, 0.15) is 5.56 Å². The van der Waals surface area contributed by atoms with Gasteiger partial charge in [-0.25, -0.2) is 0 Å². The first-order chi connectivity index (χ1) is 8.74. The first-order valence-electron chi connectivity index (χ1n) is 5.39. The van der Waals surface area contributed by atoms with E-state index in [4.69, 9.17) is 4.74 Å². The molecule has 18 heavy (non-hydrogen) atoms. The minimum atomic E-state index is -0.492. The van der Waals surface area contributed by atoms with E-state index in [-0.39, 0.29) is 0 Å². The minimum Gasteiger partial charge on any atom is -0.457 e. The monoisotopic (exact) mass is 241 g/mol. The van der Waals surface area contributed by atoms with Gasteiger partial charge in [-0.1, -0.05) is 30.3 Å². The number of para-hydroxylation sites is 1. The van der Waals surface area contributed by atoms with Crippen LogP contribution in [-0.2, 0) is 0 Å². The first-order valence-corrected chi connectivity index (χ1v) is 5.39. The summed E-state index contributed by atoms with van der Waals surface area (Å²) in [6.07, 6.45) is 2.35. The van der Waals surface area contributed by atoms with E-state index in [1.165, 1.54) is 6.08 Å². The lowest BCUT2D eigenvalue weighted by Crippen LogP contribution is -1.84. The molecule has 0 aromatic heterocycles. The fraction of sp³-hybridized carbons (Fsp3) is 0.